The smallest absolute Gasteiger partial charge is 0.119 e. The molecule has 0 saturated carbocycles. The SMILES string of the molecule is CCCCCC[C@H](C)Oc1ccc(-c2ccc(-c3ccc(CCCCC)cc3)nc2)cc1. The van der Waals surface area contributed by atoms with E-state index in [2.05, 4.69) is 81.4 Å². The van der Waals surface area contributed by atoms with Crippen molar-refractivity contribution in [2.75, 3.05) is 0 Å². The molecule has 1 heterocycles. The third-order valence-corrected chi connectivity index (χ3v) is 6.07. The minimum absolute atomic E-state index is 0.261. The van der Waals surface area contributed by atoms with E-state index in [1.807, 2.05) is 6.20 Å². The number of ether oxygens (including phenoxy) is 1. The van der Waals surface area contributed by atoms with Crippen LogP contribution in [0.1, 0.15) is 77.7 Å². The topological polar surface area (TPSA) is 22.1 Å². The van der Waals surface area contributed by atoms with Crippen molar-refractivity contribution >= 4 is 0 Å². The van der Waals surface area contributed by atoms with Crippen LogP contribution in [-0.4, -0.2) is 11.1 Å². The molecule has 2 heteroatoms. The molecule has 170 valence electrons. The number of aromatic nitrogens is 1. The quantitative estimate of drug-likeness (QED) is 0.253. The Hall–Kier alpha value is -2.61. The molecule has 0 spiro atoms. The fourth-order valence-electron chi connectivity index (χ4n) is 4.03. The summed E-state index contributed by atoms with van der Waals surface area (Å²) in [6, 6.07) is 21.5. The Morgan fingerprint density at radius 1 is 0.688 bits per heavy atom. The van der Waals surface area contributed by atoms with Crippen LogP contribution in [0.15, 0.2) is 66.9 Å². The molecule has 0 saturated heterocycles. The van der Waals surface area contributed by atoms with E-state index in [9.17, 15) is 0 Å². The van der Waals surface area contributed by atoms with E-state index in [1.165, 1.54) is 61.6 Å². The van der Waals surface area contributed by atoms with Crippen LogP contribution in [0.4, 0.5) is 0 Å². The van der Waals surface area contributed by atoms with Crippen LogP contribution in [-0.2, 0) is 6.42 Å². The maximum absolute atomic E-state index is 6.09. The van der Waals surface area contributed by atoms with Crippen molar-refractivity contribution in [1.29, 1.82) is 0 Å². The highest BCUT2D eigenvalue weighted by Gasteiger charge is 2.06. The Kier molecular flexibility index (Phi) is 9.81. The molecule has 3 rings (SSSR count). The van der Waals surface area contributed by atoms with Gasteiger partial charge in [-0.3, -0.25) is 4.98 Å². The van der Waals surface area contributed by atoms with Crippen molar-refractivity contribution in [2.45, 2.75) is 84.7 Å². The van der Waals surface area contributed by atoms with Crippen molar-refractivity contribution < 1.29 is 4.74 Å². The molecule has 0 fully saturated rings. The molecule has 2 aromatic carbocycles. The van der Waals surface area contributed by atoms with E-state index >= 15 is 0 Å². The highest BCUT2D eigenvalue weighted by molar-refractivity contribution is 5.67. The van der Waals surface area contributed by atoms with Crippen LogP contribution in [0.5, 0.6) is 5.75 Å². The molecule has 0 unspecified atom stereocenters. The summed E-state index contributed by atoms with van der Waals surface area (Å²) in [5.41, 5.74) is 5.90. The maximum atomic E-state index is 6.09. The zero-order valence-corrected chi connectivity index (χ0v) is 20.1. The summed E-state index contributed by atoms with van der Waals surface area (Å²) in [4.78, 5) is 4.72. The molecule has 0 aliphatic carbocycles. The third kappa shape index (κ3) is 7.51. The summed E-state index contributed by atoms with van der Waals surface area (Å²) in [5, 5.41) is 0. The van der Waals surface area contributed by atoms with Crippen molar-refractivity contribution in [3.05, 3.63) is 72.4 Å². The van der Waals surface area contributed by atoms with Gasteiger partial charge < -0.3 is 4.74 Å². The molecule has 0 aliphatic rings. The number of rotatable bonds is 13. The standard InChI is InChI=1S/C30H39NO/c1-4-6-8-10-11-24(3)32-29-20-17-26(18-21-29)28-19-22-30(31-23-28)27-15-13-25(14-16-27)12-9-7-5-2/h13-24H,4-12H2,1-3H3/t24-/m0/s1. The van der Waals surface area contributed by atoms with Gasteiger partial charge in [-0.2, -0.15) is 0 Å². The van der Waals surface area contributed by atoms with Gasteiger partial charge in [0, 0.05) is 17.3 Å². The maximum Gasteiger partial charge on any atom is 0.119 e. The van der Waals surface area contributed by atoms with Crippen molar-refractivity contribution in [3.8, 4) is 28.1 Å². The molecule has 2 nitrogen and oxygen atoms in total. The van der Waals surface area contributed by atoms with Crippen molar-refractivity contribution in [1.82, 2.24) is 4.98 Å². The number of pyridine rings is 1. The van der Waals surface area contributed by atoms with E-state index in [0.717, 1.165) is 29.8 Å². The fraction of sp³-hybridized carbons (Fsp3) is 0.433. The van der Waals surface area contributed by atoms with Crippen LogP contribution in [0.2, 0.25) is 0 Å². The summed E-state index contributed by atoms with van der Waals surface area (Å²) in [6.45, 7) is 6.66. The largest absolute Gasteiger partial charge is 0.491 e. The Balaban J connectivity index is 1.55. The van der Waals surface area contributed by atoms with Crippen molar-refractivity contribution in [3.63, 3.8) is 0 Å². The first-order valence-corrected chi connectivity index (χ1v) is 12.5. The van der Waals surface area contributed by atoms with Gasteiger partial charge in [0.25, 0.3) is 0 Å². The van der Waals surface area contributed by atoms with E-state index < -0.39 is 0 Å². The molecular weight excluding hydrogens is 390 g/mol. The second-order valence-electron chi connectivity index (χ2n) is 8.89. The van der Waals surface area contributed by atoms with Crippen LogP contribution >= 0.6 is 0 Å². The summed E-state index contributed by atoms with van der Waals surface area (Å²) in [7, 11) is 0. The monoisotopic (exact) mass is 429 g/mol. The molecule has 32 heavy (non-hydrogen) atoms. The lowest BCUT2D eigenvalue weighted by atomic mass is 10.0. The highest BCUT2D eigenvalue weighted by atomic mass is 16.5. The van der Waals surface area contributed by atoms with E-state index in [-0.39, 0.29) is 6.10 Å². The van der Waals surface area contributed by atoms with E-state index in [4.69, 9.17) is 9.72 Å². The highest BCUT2D eigenvalue weighted by Crippen LogP contribution is 2.25. The van der Waals surface area contributed by atoms with Gasteiger partial charge in [-0.1, -0.05) is 88.4 Å². The number of hydrogen-bond acceptors (Lipinski definition) is 2. The Labute approximate surface area is 195 Å². The van der Waals surface area contributed by atoms with Crippen molar-refractivity contribution in [2.24, 2.45) is 0 Å². The minimum Gasteiger partial charge on any atom is -0.491 e. The average molecular weight is 430 g/mol. The predicted octanol–water partition coefficient (Wildman–Crippen LogP) is 8.89. The summed E-state index contributed by atoms with van der Waals surface area (Å²) >= 11 is 0. The lowest BCUT2D eigenvalue weighted by Gasteiger charge is -2.15. The number of unbranched alkanes of at least 4 members (excludes halogenated alkanes) is 5. The van der Waals surface area contributed by atoms with Gasteiger partial charge in [-0.15, -0.1) is 0 Å². The molecule has 1 aromatic heterocycles. The molecule has 0 N–H and O–H groups in total. The zero-order chi connectivity index (χ0) is 22.6. The van der Waals surface area contributed by atoms with Gasteiger partial charge in [-0.05, 0) is 61.9 Å². The second kappa shape index (κ2) is 13.1. The number of nitrogens with zero attached hydrogens (tertiary/aromatic N) is 1. The first-order valence-electron chi connectivity index (χ1n) is 12.5. The number of benzene rings is 2. The normalized spacial score (nSPS) is 12.0. The molecule has 0 amide bonds. The lowest BCUT2D eigenvalue weighted by Crippen LogP contribution is -2.11. The summed E-state index contributed by atoms with van der Waals surface area (Å²) in [6.07, 6.45) is 13.5. The lowest BCUT2D eigenvalue weighted by molar-refractivity contribution is 0.206. The summed E-state index contributed by atoms with van der Waals surface area (Å²) in [5.74, 6) is 0.945. The zero-order valence-electron chi connectivity index (χ0n) is 20.1. The summed E-state index contributed by atoms with van der Waals surface area (Å²) < 4.78 is 6.09. The van der Waals surface area contributed by atoms with Crippen LogP contribution in [0.3, 0.4) is 0 Å². The molecule has 1 atom stereocenters. The van der Waals surface area contributed by atoms with Crippen LogP contribution < -0.4 is 4.74 Å². The first-order chi connectivity index (χ1) is 15.7. The van der Waals surface area contributed by atoms with Gasteiger partial charge >= 0.3 is 0 Å². The second-order valence-corrected chi connectivity index (χ2v) is 8.89. The van der Waals surface area contributed by atoms with Gasteiger partial charge in [0.15, 0.2) is 0 Å². The molecule has 0 radical (unpaired) electrons. The van der Waals surface area contributed by atoms with Gasteiger partial charge in [-0.25, -0.2) is 0 Å². The predicted molar refractivity (Wildman–Crippen MR) is 137 cm³/mol. The van der Waals surface area contributed by atoms with E-state index in [0.29, 0.717) is 0 Å². The molecule has 3 aromatic rings. The minimum atomic E-state index is 0.261. The number of hydrogen-bond donors (Lipinski definition) is 0. The third-order valence-electron chi connectivity index (χ3n) is 6.07. The van der Waals surface area contributed by atoms with E-state index in [1.54, 1.807) is 0 Å². The Bertz CT molecular complexity index is 897. The Morgan fingerprint density at radius 2 is 1.34 bits per heavy atom. The first kappa shape index (κ1) is 24.0. The van der Waals surface area contributed by atoms with Crippen LogP contribution in [0.25, 0.3) is 22.4 Å². The molecule has 0 aliphatic heterocycles. The van der Waals surface area contributed by atoms with Gasteiger partial charge in [0.1, 0.15) is 5.75 Å². The average Bonchev–Trinajstić information content (AvgIpc) is 2.83. The number of aryl methyl sites for hydroxylation is 1. The molecular formula is C30H39NO. The molecule has 0 bridgehead atoms. The van der Waals surface area contributed by atoms with Gasteiger partial charge in [0.2, 0.25) is 0 Å². The van der Waals surface area contributed by atoms with Gasteiger partial charge in [0.05, 0.1) is 11.8 Å². The van der Waals surface area contributed by atoms with Crippen LogP contribution in [0, 0.1) is 0 Å². The fourth-order valence-corrected chi connectivity index (χ4v) is 4.03. The Morgan fingerprint density at radius 3 is 2.00 bits per heavy atom.